The number of fused-ring (bicyclic) bond motifs is 2. The molecular formula is C9H11N3O3. The van der Waals surface area contributed by atoms with Crippen LogP contribution in [-0.2, 0) is 5.41 Å². The minimum Gasteiger partial charge on any atom is -0.475 e. The van der Waals surface area contributed by atoms with Crippen LogP contribution in [0.5, 0.6) is 0 Å². The monoisotopic (exact) mass is 209 g/mol. The van der Waals surface area contributed by atoms with Crippen molar-refractivity contribution in [1.29, 1.82) is 0 Å². The smallest absolute Gasteiger partial charge is 0.377 e. The van der Waals surface area contributed by atoms with Gasteiger partial charge in [-0.2, -0.15) is 4.98 Å². The van der Waals surface area contributed by atoms with Crippen molar-refractivity contribution in [3.63, 3.8) is 0 Å². The van der Waals surface area contributed by atoms with Crippen molar-refractivity contribution >= 4 is 5.97 Å². The summed E-state index contributed by atoms with van der Waals surface area (Å²) in [6, 6.07) is 0. The van der Waals surface area contributed by atoms with E-state index in [1.54, 1.807) is 0 Å². The third kappa shape index (κ3) is 1.18. The quantitative estimate of drug-likeness (QED) is 0.745. The average molecular weight is 209 g/mol. The first-order chi connectivity index (χ1) is 7.20. The fraction of sp³-hybridized carbons (Fsp3) is 0.667. The van der Waals surface area contributed by atoms with Crippen molar-refractivity contribution in [2.24, 2.45) is 0 Å². The van der Waals surface area contributed by atoms with E-state index >= 15 is 0 Å². The van der Waals surface area contributed by atoms with Gasteiger partial charge in [-0.3, -0.25) is 0 Å². The van der Waals surface area contributed by atoms with Gasteiger partial charge >= 0.3 is 5.97 Å². The molecule has 2 aliphatic rings. The van der Waals surface area contributed by atoms with Crippen molar-refractivity contribution in [2.45, 2.75) is 18.3 Å². The minimum absolute atomic E-state index is 0.0688. The molecule has 3 heterocycles. The summed E-state index contributed by atoms with van der Waals surface area (Å²) in [6.45, 7) is 3.02. The molecule has 0 aliphatic carbocycles. The predicted molar refractivity (Wildman–Crippen MR) is 48.6 cm³/mol. The molecule has 2 bridgehead atoms. The number of nitrogens with zero attached hydrogens (tertiary/aromatic N) is 3. The maximum absolute atomic E-state index is 10.6. The van der Waals surface area contributed by atoms with Gasteiger partial charge in [-0.1, -0.05) is 0 Å². The van der Waals surface area contributed by atoms with Crippen LogP contribution in [0.3, 0.4) is 0 Å². The van der Waals surface area contributed by atoms with E-state index in [1.807, 2.05) is 0 Å². The lowest BCUT2D eigenvalue weighted by Crippen LogP contribution is -2.24. The average Bonchev–Trinajstić information content (AvgIpc) is 2.93. The van der Waals surface area contributed by atoms with Crippen molar-refractivity contribution in [3.05, 3.63) is 11.7 Å². The van der Waals surface area contributed by atoms with Crippen LogP contribution in [-0.4, -0.2) is 45.8 Å². The van der Waals surface area contributed by atoms with Crippen LogP contribution in [0.25, 0.3) is 0 Å². The molecule has 2 fully saturated rings. The highest BCUT2D eigenvalue weighted by Crippen LogP contribution is 2.42. The molecule has 15 heavy (non-hydrogen) atoms. The third-order valence-electron chi connectivity index (χ3n) is 3.41. The lowest BCUT2D eigenvalue weighted by atomic mass is 9.84. The van der Waals surface area contributed by atoms with E-state index in [1.165, 1.54) is 0 Å². The normalized spacial score (nSPS) is 33.5. The topological polar surface area (TPSA) is 79.5 Å². The predicted octanol–water partition coefficient (Wildman–Crippen LogP) is 0.115. The Balaban J connectivity index is 1.95. The first-order valence-electron chi connectivity index (χ1n) is 4.99. The first kappa shape index (κ1) is 8.84. The molecule has 1 aromatic rings. The van der Waals surface area contributed by atoms with Crippen molar-refractivity contribution < 1.29 is 14.4 Å². The summed E-state index contributed by atoms with van der Waals surface area (Å²) in [6.07, 6.45) is 1.99. The van der Waals surface area contributed by atoms with Gasteiger partial charge in [0.1, 0.15) is 0 Å². The van der Waals surface area contributed by atoms with Crippen molar-refractivity contribution in [2.75, 3.05) is 19.6 Å². The number of carboxylic acids is 1. The Morgan fingerprint density at radius 1 is 1.47 bits per heavy atom. The Labute approximate surface area is 85.9 Å². The van der Waals surface area contributed by atoms with E-state index in [2.05, 4.69) is 15.0 Å². The van der Waals surface area contributed by atoms with Crippen molar-refractivity contribution in [1.82, 2.24) is 15.0 Å². The van der Waals surface area contributed by atoms with E-state index in [4.69, 9.17) is 9.63 Å². The van der Waals surface area contributed by atoms with Crippen LogP contribution in [0.4, 0.5) is 0 Å². The second kappa shape index (κ2) is 2.79. The molecule has 2 saturated heterocycles. The van der Waals surface area contributed by atoms with Gasteiger partial charge in [-0.05, 0) is 31.1 Å². The van der Waals surface area contributed by atoms with Gasteiger partial charge < -0.3 is 14.5 Å². The fourth-order valence-electron chi connectivity index (χ4n) is 2.53. The maximum atomic E-state index is 10.6. The summed E-state index contributed by atoms with van der Waals surface area (Å²) < 4.78 is 5.06. The second-order valence-electron chi connectivity index (χ2n) is 4.28. The molecule has 2 aliphatic heterocycles. The Kier molecular flexibility index (Phi) is 1.64. The molecule has 0 amide bonds. The summed E-state index contributed by atoms with van der Waals surface area (Å²) in [4.78, 5) is 16.9. The molecule has 0 atom stereocenters. The van der Waals surface area contributed by atoms with E-state index in [0.717, 1.165) is 32.5 Å². The van der Waals surface area contributed by atoms with Crippen LogP contribution in [0.15, 0.2) is 4.52 Å². The van der Waals surface area contributed by atoms with Crippen LogP contribution in [0.2, 0.25) is 0 Å². The lowest BCUT2D eigenvalue weighted by molar-refractivity contribution is 0.0680. The zero-order chi connectivity index (χ0) is 10.5. The molecule has 0 aromatic carbocycles. The molecule has 0 radical (unpaired) electrons. The van der Waals surface area contributed by atoms with E-state index in [9.17, 15) is 4.79 Å². The van der Waals surface area contributed by atoms with Gasteiger partial charge in [0.2, 0.25) is 5.89 Å². The van der Waals surface area contributed by atoms with Crippen LogP contribution < -0.4 is 0 Å². The number of aromatic nitrogens is 2. The number of piperidine rings is 1. The van der Waals surface area contributed by atoms with E-state index in [0.29, 0.717) is 5.89 Å². The van der Waals surface area contributed by atoms with Gasteiger partial charge in [0.15, 0.2) is 0 Å². The number of hydrogen-bond acceptors (Lipinski definition) is 5. The summed E-state index contributed by atoms with van der Waals surface area (Å²) in [5.41, 5.74) is -0.0688. The Morgan fingerprint density at radius 2 is 2.20 bits per heavy atom. The Morgan fingerprint density at radius 3 is 2.67 bits per heavy atom. The lowest BCUT2D eigenvalue weighted by Gasteiger charge is -2.19. The molecule has 6 heteroatoms. The highest BCUT2D eigenvalue weighted by molar-refractivity contribution is 5.82. The molecule has 6 nitrogen and oxygen atoms in total. The van der Waals surface area contributed by atoms with Gasteiger partial charge in [-0.15, -0.1) is 0 Å². The molecule has 3 rings (SSSR count). The number of aromatic carboxylic acids is 1. The molecular weight excluding hydrogens is 198 g/mol. The molecule has 80 valence electrons. The highest BCUT2D eigenvalue weighted by Gasteiger charge is 2.49. The van der Waals surface area contributed by atoms with Crippen LogP contribution >= 0.6 is 0 Å². The Hall–Kier alpha value is -1.43. The van der Waals surface area contributed by atoms with E-state index in [-0.39, 0.29) is 11.2 Å². The molecule has 1 N–H and O–H groups in total. The van der Waals surface area contributed by atoms with Gasteiger partial charge in [0.25, 0.3) is 5.82 Å². The van der Waals surface area contributed by atoms with Crippen LogP contribution in [0.1, 0.15) is 29.4 Å². The summed E-state index contributed by atoms with van der Waals surface area (Å²) in [7, 11) is 0. The fourth-order valence-corrected chi connectivity index (χ4v) is 2.53. The standard InChI is InChI=1S/C9H11N3O3/c13-7(14)6-10-8(15-11-6)9-1-3-12(5-9)4-2-9/h1-5H2,(H,13,14). The summed E-state index contributed by atoms with van der Waals surface area (Å²) in [5.74, 6) is -0.862. The van der Waals surface area contributed by atoms with Gasteiger partial charge in [0, 0.05) is 6.54 Å². The zero-order valence-electron chi connectivity index (χ0n) is 8.14. The summed E-state index contributed by atoms with van der Waals surface area (Å²) in [5, 5.41) is 12.2. The first-order valence-corrected chi connectivity index (χ1v) is 4.99. The zero-order valence-corrected chi connectivity index (χ0v) is 8.14. The molecule has 0 unspecified atom stereocenters. The largest absolute Gasteiger partial charge is 0.475 e. The molecule has 0 spiro atoms. The third-order valence-corrected chi connectivity index (χ3v) is 3.41. The molecule has 1 aromatic heterocycles. The van der Waals surface area contributed by atoms with E-state index < -0.39 is 5.97 Å². The Bertz CT molecular complexity index is 406. The number of carbonyl (C=O) groups is 1. The van der Waals surface area contributed by atoms with Crippen molar-refractivity contribution in [3.8, 4) is 0 Å². The summed E-state index contributed by atoms with van der Waals surface area (Å²) >= 11 is 0. The van der Waals surface area contributed by atoms with Crippen LogP contribution in [0, 0.1) is 0 Å². The SMILES string of the molecule is O=C(O)c1noc(C23CCN(CC2)C3)n1. The van der Waals surface area contributed by atoms with Gasteiger partial charge in [-0.25, -0.2) is 4.79 Å². The number of carboxylic acid groups (broad SMARTS) is 1. The maximum Gasteiger partial charge on any atom is 0.377 e. The second-order valence-corrected chi connectivity index (χ2v) is 4.28. The minimum atomic E-state index is -1.13. The number of hydrogen-bond donors (Lipinski definition) is 1. The highest BCUT2D eigenvalue weighted by atomic mass is 16.5. The molecule has 0 saturated carbocycles. The number of rotatable bonds is 2. The van der Waals surface area contributed by atoms with Gasteiger partial charge in [0.05, 0.1) is 5.41 Å².